The van der Waals surface area contributed by atoms with Crippen LogP contribution in [0.5, 0.6) is 11.5 Å². The highest BCUT2D eigenvalue weighted by atomic mass is 16.5. The summed E-state index contributed by atoms with van der Waals surface area (Å²) in [5, 5.41) is 7.75. The number of ether oxygens (including phenoxy) is 2. The summed E-state index contributed by atoms with van der Waals surface area (Å²) >= 11 is 0. The standard InChI is InChI=1S/C20H25N3O6/c1-3-27-15-8-7-14(12-17(15)28-4-2)19(25)23-13-18(24)21-9-10-22-20(26)16-6-5-11-29-16/h5-8,11-12H,3-4,9-10,13H2,1-2H3,(H,21,24)(H,22,26)(H,23,25). The number of carbonyl (C=O) groups excluding carboxylic acids is 3. The Bertz CT molecular complexity index is 820. The molecule has 9 heteroatoms. The molecule has 0 aliphatic heterocycles. The van der Waals surface area contributed by atoms with E-state index in [2.05, 4.69) is 16.0 Å². The molecule has 0 bridgehead atoms. The third kappa shape index (κ3) is 6.87. The molecule has 0 atom stereocenters. The van der Waals surface area contributed by atoms with Gasteiger partial charge in [-0.2, -0.15) is 0 Å². The molecule has 1 aromatic carbocycles. The van der Waals surface area contributed by atoms with E-state index in [1.165, 1.54) is 6.26 Å². The maximum Gasteiger partial charge on any atom is 0.287 e. The van der Waals surface area contributed by atoms with Crippen molar-refractivity contribution in [2.75, 3.05) is 32.8 Å². The van der Waals surface area contributed by atoms with Gasteiger partial charge in [-0.1, -0.05) is 0 Å². The largest absolute Gasteiger partial charge is 0.490 e. The zero-order valence-electron chi connectivity index (χ0n) is 16.4. The lowest BCUT2D eigenvalue weighted by molar-refractivity contribution is -0.120. The minimum atomic E-state index is -0.407. The lowest BCUT2D eigenvalue weighted by atomic mass is 10.2. The van der Waals surface area contributed by atoms with E-state index >= 15 is 0 Å². The highest BCUT2D eigenvalue weighted by Crippen LogP contribution is 2.28. The zero-order valence-corrected chi connectivity index (χ0v) is 16.4. The molecule has 0 saturated carbocycles. The SMILES string of the molecule is CCOc1ccc(C(=O)NCC(=O)NCCNC(=O)c2ccco2)cc1OCC. The van der Waals surface area contributed by atoms with Crippen LogP contribution >= 0.6 is 0 Å². The van der Waals surface area contributed by atoms with Crippen molar-refractivity contribution in [3.8, 4) is 11.5 Å². The Kier molecular flexibility index (Phi) is 8.55. The van der Waals surface area contributed by atoms with Crippen LogP contribution in [0.1, 0.15) is 34.8 Å². The topological polar surface area (TPSA) is 119 Å². The second kappa shape index (κ2) is 11.4. The van der Waals surface area contributed by atoms with Crippen LogP contribution in [0.15, 0.2) is 41.0 Å². The highest BCUT2D eigenvalue weighted by Gasteiger charge is 2.13. The van der Waals surface area contributed by atoms with Crippen LogP contribution in [0.2, 0.25) is 0 Å². The summed E-state index contributed by atoms with van der Waals surface area (Å²) in [6, 6.07) is 7.99. The van der Waals surface area contributed by atoms with Crippen molar-refractivity contribution in [1.29, 1.82) is 0 Å². The first kappa shape index (κ1) is 21.8. The summed E-state index contributed by atoms with van der Waals surface area (Å²) in [4.78, 5) is 35.8. The van der Waals surface area contributed by atoms with Crippen LogP contribution < -0.4 is 25.4 Å². The van der Waals surface area contributed by atoms with Crippen molar-refractivity contribution in [3.05, 3.63) is 47.9 Å². The first-order valence-corrected chi connectivity index (χ1v) is 9.31. The highest BCUT2D eigenvalue weighted by molar-refractivity contribution is 5.97. The number of nitrogens with one attached hydrogen (secondary N) is 3. The molecule has 1 aromatic heterocycles. The molecule has 0 aliphatic rings. The van der Waals surface area contributed by atoms with Gasteiger partial charge in [-0.25, -0.2) is 0 Å². The Labute approximate surface area is 168 Å². The molecule has 2 aromatic rings. The van der Waals surface area contributed by atoms with Crippen LogP contribution in [0.25, 0.3) is 0 Å². The number of carbonyl (C=O) groups is 3. The number of amides is 3. The number of furan rings is 1. The predicted molar refractivity (Wildman–Crippen MR) is 105 cm³/mol. The molecule has 0 spiro atoms. The Balaban J connectivity index is 1.74. The lowest BCUT2D eigenvalue weighted by Gasteiger charge is -2.12. The van der Waals surface area contributed by atoms with Crippen LogP contribution in [0.4, 0.5) is 0 Å². The first-order valence-electron chi connectivity index (χ1n) is 9.31. The van der Waals surface area contributed by atoms with Crippen molar-refractivity contribution in [3.63, 3.8) is 0 Å². The maximum absolute atomic E-state index is 12.3. The van der Waals surface area contributed by atoms with E-state index in [9.17, 15) is 14.4 Å². The summed E-state index contributed by atoms with van der Waals surface area (Å²) < 4.78 is 15.9. The predicted octanol–water partition coefficient (Wildman–Crippen LogP) is 1.35. The van der Waals surface area contributed by atoms with E-state index in [-0.39, 0.29) is 37.2 Å². The van der Waals surface area contributed by atoms with Gasteiger partial charge >= 0.3 is 0 Å². The smallest absolute Gasteiger partial charge is 0.287 e. The van der Waals surface area contributed by atoms with E-state index in [1.54, 1.807) is 30.3 Å². The van der Waals surface area contributed by atoms with Gasteiger partial charge in [-0.15, -0.1) is 0 Å². The molecule has 0 fully saturated rings. The van der Waals surface area contributed by atoms with Crippen LogP contribution in [-0.2, 0) is 4.79 Å². The van der Waals surface area contributed by atoms with Gasteiger partial charge in [0.25, 0.3) is 11.8 Å². The maximum atomic E-state index is 12.3. The molecule has 29 heavy (non-hydrogen) atoms. The fourth-order valence-electron chi connectivity index (χ4n) is 2.39. The second-order valence-electron chi connectivity index (χ2n) is 5.79. The van der Waals surface area contributed by atoms with E-state index in [0.29, 0.717) is 30.3 Å². The number of hydrogen-bond acceptors (Lipinski definition) is 6. The molecule has 0 radical (unpaired) electrons. The summed E-state index contributed by atoms with van der Waals surface area (Å²) in [6.45, 7) is 4.87. The van der Waals surface area contributed by atoms with Gasteiger partial charge in [0.1, 0.15) is 0 Å². The molecular formula is C20H25N3O6. The third-order valence-electron chi connectivity index (χ3n) is 3.69. The number of benzene rings is 1. The molecule has 1 heterocycles. The average Bonchev–Trinajstić information content (AvgIpc) is 3.26. The normalized spacial score (nSPS) is 10.1. The van der Waals surface area contributed by atoms with Gasteiger partial charge in [0.2, 0.25) is 5.91 Å². The van der Waals surface area contributed by atoms with E-state index in [1.807, 2.05) is 13.8 Å². The first-order chi connectivity index (χ1) is 14.0. The molecular weight excluding hydrogens is 378 g/mol. The van der Waals surface area contributed by atoms with Gasteiger partial charge in [0, 0.05) is 18.7 Å². The molecule has 3 amide bonds. The Morgan fingerprint density at radius 1 is 0.897 bits per heavy atom. The number of hydrogen-bond donors (Lipinski definition) is 3. The second-order valence-corrected chi connectivity index (χ2v) is 5.79. The molecule has 9 nitrogen and oxygen atoms in total. The quantitative estimate of drug-likeness (QED) is 0.488. The molecule has 3 N–H and O–H groups in total. The minimum absolute atomic E-state index is 0.192. The fraction of sp³-hybridized carbons (Fsp3) is 0.350. The van der Waals surface area contributed by atoms with Crippen molar-refractivity contribution >= 4 is 17.7 Å². The van der Waals surface area contributed by atoms with Crippen molar-refractivity contribution in [2.45, 2.75) is 13.8 Å². The van der Waals surface area contributed by atoms with Crippen molar-refractivity contribution in [2.24, 2.45) is 0 Å². The summed E-state index contributed by atoms with van der Waals surface area (Å²) in [6.07, 6.45) is 1.40. The molecule has 0 aliphatic carbocycles. The summed E-state index contributed by atoms with van der Waals surface area (Å²) in [5.74, 6) is 0.0827. The van der Waals surface area contributed by atoms with Gasteiger partial charge < -0.3 is 29.8 Å². The van der Waals surface area contributed by atoms with E-state index < -0.39 is 5.91 Å². The lowest BCUT2D eigenvalue weighted by Crippen LogP contribution is -2.40. The van der Waals surface area contributed by atoms with Gasteiger partial charge in [0.05, 0.1) is 26.0 Å². The van der Waals surface area contributed by atoms with E-state index in [0.717, 1.165) is 0 Å². The monoisotopic (exact) mass is 403 g/mol. The molecule has 156 valence electrons. The van der Waals surface area contributed by atoms with Crippen LogP contribution in [0.3, 0.4) is 0 Å². The van der Waals surface area contributed by atoms with Crippen LogP contribution in [-0.4, -0.2) is 50.6 Å². The van der Waals surface area contributed by atoms with E-state index in [4.69, 9.17) is 13.9 Å². The zero-order chi connectivity index (χ0) is 21.1. The van der Waals surface area contributed by atoms with Gasteiger partial charge in [-0.3, -0.25) is 14.4 Å². The van der Waals surface area contributed by atoms with Crippen molar-refractivity contribution < 1.29 is 28.3 Å². The number of rotatable bonds is 11. The third-order valence-corrected chi connectivity index (χ3v) is 3.69. The van der Waals surface area contributed by atoms with Gasteiger partial charge in [-0.05, 0) is 44.2 Å². The minimum Gasteiger partial charge on any atom is -0.490 e. The molecule has 2 rings (SSSR count). The Hall–Kier alpha value is -3.49. The Morgan fingerprint density at radius 2 is 1.62 bits per heavy atom. The molecule has 0 unspecified atom stereocenters. The average molecular weight is 403 g/mol. The van der Waals surface area contributed by atoms with Gasteiger partial charge in [0.15, 0.2) is 17.3 Å². The molecule has 0 saturated heterocycles. The van der Waals surface area contributed by atoms with Crippen LogP contribution in [0, 0.1) is 0 Å². The summed E-state index contributed by atoms with van der Waals surface area (Å²) in [5.41, 5.74) is 0.357. The fourth-order valence-corrected chi connectivity index (χ4v) is 2.39. The Morgan fingerprint density at radius 3 is 2.31 bits per heavy atom. The van der Waals surface area contributed by atoms with Crippen molar-refractivity contribution in [1.82, 2.24) is 16.0 Å². The summed E-state index contributed by atoms with van der Waals surface area (Å²) in [7, 11) is 0.